The highest BCUT2D eigenvalue weighted by molar-refractivity contribution is 5.96. The molecule has 2 fully saturated rings. The summed E-state index contributed by atoms with van der Waals surface area (Å²) >= 11 is 0. The summed E-state index contributed by atoms with van der Waals surface area (Å²) in [5.41, 5.74) is 1.04. The van der Waals surface area contributed by atoms with Crippen LogP contribution in [0.15, 0.2) is 18.2 Å². The molecule has 152 valence electrons. The molecular formula is C20H28N4O4. The smallest absolute Gasteiger partial charge is 0.270 e. The maximum atomic E-state index is 12.8. The third-order valence-electron chi connectivity index (χ3n) is 5.64. The van der Waals surface area contributed by atoms with E-state index in [1.54, 1.807) is 17.9 Å². The van der Waals surface area contributed by atoms with Crippen LogP contribution >= 0.6 is 0 Å². The van der Waals surface area contributed by atoms with Gasteiger partial charge in [0.25, 0.3) is 11.6 Å². The number of non-ortho nitro benzene ring substituents is 1. The minimum atomic E-state index is -0.484. The number of amides is 2. The highest BCUT2D eigenvalue weighted by atomic mass is 16.6. The number of likely N-dealkylation sites (tertiary alicyclic amines) is 1. The Morgan fingerprint density at radius 2 is 1.61 bits per heavy atom. The number of carbonyl (C=O) groups excluding carboxylic acids is 2. The van der Waals surface area contributed by atoms with Gasteiger partial charge in [0.1, 0.15) is 0 Å². The lowest BCUT2D eigenvalue weighted by atomic mass is 10.1. The second-order valence-electron chi connectivity index (χ2n) is 7.62. The molecule has 1 aromatic rings. The Labute approximate surface area is 165 Å². The van der Waals surface area contributed by atoms with Gasteiger partial charge in [0, 0.05) is 57.0 Å². The number of nitro benzene ring substituents is 1. The predicted octanol–water partition coefficient (Wildman–Crippen LogP) is 2.06. The molecule has 2 heterocycles. The van der Waals surface area contributed by atoms with E-state index in [1.807, 2.05) is 4.90 Å². The monoisotopic (exact) mass is 388 g/mol. The van der Waals surface area contributed by atoms with Crippen LogP contribution in [-0.4, -0.2) is 77.3 Å². The molecular weight excluding hydrogens is 360 g/mol. The summed E-state index contributed by atoms with van der Waals surface area (Å²) in [6.07, 6.45) is 4.55. The number of carbonyl (C=O) groups is 2. The first-order valence-corrected chi connectivity index (χ1v) is 10.00. The molecule has 0 saturated carbocycles. The molecule has 2 amide bonds. The fraction of sp³-hybridized carbons (Fsp3) is 0.600. The van der Waals surface area contributed by atoms with E-state index in [0.717, 1.165) is 31.5 Å². The molecule has 8 heteroatoms. The van der Waals surface area contributed by atoms with Crippen molar-refractivity contribution >= 4 is 17.5 Å². The molecule has 0 aliphatic carbocycles. The lowest BCUT2D eigenvalue weighted by molar-refractivity contribution is -0.384. The summed E-state index contributed by atoms with van der Waals surface area (Å²) in [6, 6.07) is 4.38. The van der Waals surface area contributed by atoms with Crippen molar-refractivity contribution in [2.24, 2.45) is 0 Å². The molecule has 3 rings (SSSR count). The van der Waals surface area contributed by atoms with Gasteiger partial charge in [0.05, 0.1) is 11.5 Å². The molecule has 0 aromatic heterocycles. The summed E-state index contributed by atoms with van der Waals surface area (Å²) < 4.78 is 0. The van der Waals surface area contributed by atoms with E-state index in [-0.39, 0.29) is 17.5 Å². The highest BCUT2D eigenvalue weighted by Crippen LogP contribution is 2.20. The zero-order valence-electron chi connectivity index (χ0n) is 16.4. The van der Waals surface area contributed by atoms with E-state index < -0.39 is 4.92 Å². The van der Waals surface area contributed by atoms with Gasteiger partial charge in [0.2, 0.25) is 5.91 Å². The molecule has 1 aromatic carbocycles. The average Bonchev–Trinajstić information content (AvgIpc) is 2.98. The Morgan fingerprint density at radius 1 is 0.964 bits per heavy atom. The van der Waals surface area contributed by atoms with E-state index >= 15 is 0 Å². The third kappa shape index (κ3) is 4.86. The largest absolute Gasteiger partial charge is 0.342 e. The van der Waals surface area contributed by atoms with Crippen molar-refractivity contribution in [3.63, 3.8) is 0 Å². The van der Waals surface area contributed by atoms with Gasteiger partial charge in [-0.3, -0.25) is 24.6 Å². The molecule has 0 bridgehead atoms. The van der Waals surface area contributed by atoms with Crippen LogP contribution in [-0.2, 0) is 4.79 Å². The number of nitrogens with zero attached hydrogens (tertiary/aromatic N) is 4. The first-order valence-electron chi connectivity index (χ1n) is 10.00. The number of nitro groups is 1. The number of hydrogen-bond acceptors (Lipinski definition) is 5. The number of hydrogen-bond donors (Lipinski definition) is 0. The van der Waals surface area contributed by atoms with Gasteiger partial charge in [-0.05, 0) is 25.3 Å². The number of aryl methyl sites for hydroxylation is 1. The van der Waals surface area contributed by atoms with Crippen LogP contribution in [0.3, 0.4) is 0 Å². The molecule has 0 spiro atoms. The second-order valence-corrected chi connectivity index (χ2v) is 7.62. The Morgan fingerprint density at radius 3 is 2.21 bits per heavy atom. The molecule has 0 atom stereocenters. The molecule has 28 heavy (non-hydrogen) atoms. The lowest BCUT2D eigenvalue weighted by Crippen LogP contribution is -2.51. The molecule has 2 saturated heterocycles. The number of piperazine rings is 1. The number of benzene rings is 1. The predicted molar refractivity (Wildman–Crippen MR) is 105 cm³/mol. The van der Waals surface area contributed by atoms with Crippen molar-refractivity contribution < 1.29 is 14.5 Å². The molecule has 0 unspecified atom stereocenters. The number of rotatable bonds is 4. The van der Waals surface area contributed by atoms with E-state index in [1.165, 1.54) is 25.0 Å². The van der Waals surface area contributed by atoms with Crippen molar-refractivity contribution in [1.29, 1.82) is 0 Å². The topological polar surface area (TPSA) is 87.0 Å². The highest BCUT2D eigenvalue weighted by Gasteiger charge is 2.26. The zero-order chi connectivity index (χ0) is 20.1. The van der Waals surface area contributed by atoms with Gasteiger partial charge in [-0.1, -0.05) is 18.9 Å². The van der Waals surface area contributed by atoms with Gasteiger partial charge in [-0.15, -0.1) is 0 Å². The van der Waals surface area contributed by atoms with Crippen LogP contribution in [0.5, 0.6) is 0 Å². The van der Waals surface area contributed by atoms with Crippen molar-refractivity contribution in [1.82, 2.24) is 14.7 Å². The summed E-state index contributed by atoms with van der Waals surface area (Å²) in [5, 5.41) is 11.0. The van der Waals surface area contributed by atoms with E-state index in [9.17, 15) is 19.7 Å². The van der Waals surface area contributed by atoms with Crippen LogP contribution in [0, 0.1) is 17.0 Å². The van der Waals surface area contributed by atoms with Gasteiger partial charge in [-0.2, -0.15) is 0 Å². The standard InChI is InChI=1S/C20H28N4O4/c1-16-6-7-17(24(27)28)14-18(16)20(26)23-12-10-21(11-13-23)15-19(25)22-8-4-2-3-5-9-22/h6-7,14H,2-5,8-13,15H2,1H3. The Kier molecular flexibility index (Phi) is 6.61. The van der Waals surface area contributed by atoms with Crippen molar-refractivity contribution in [2.45, 2.75) is 32.6 Å². The maximum Gasteiger partial charge on any atom is 0.270 e. The minimum absolute atomic E-state index is 0.0735. The summed E-state index contributed by atoms with van der Waals surface area (Å²) in [7, 11) is 0. The fourth-order valence-corrected chi connectivity index (χ4v) is 3.84. The average molecular weight is 388 g/mol. The Bertz CT molecular complexity index is 736. The normalized spacial score (nSPS) is 18.6. The molecule has 2 aliphatic rings. The van der Waals surface area contributed by atoms with Gasteiger partial charge in [0.15, 0.2) is 0 Å². The summed E-state index contributed by atoms with van der Waals surface area (Å²) in [6.45, 7) is 6.21. The van der Waals surface area contributed by atoms with Gasteiger partial charge in [-0.25, -0.2) is 0 Å². The Balaban J connectivity index is 1.55. The quantitative estimate of drug-likeness (QED) is 0.582. The maximum absolute atomic E-state index is 12.8. The van der Waals surface area contributed by atoms with Crippen LogP contribution in [0.25, 0.3) is 0 Å². The lowest BCUT2D eigenvalue weighted by Gasteiger charge is -2.35. The van der Waals surface area contributed by atoms with Crippen LogP contribution < -0.4 is 0 Å². The summed E-state index contributed by atoms with van der Waals surface area (Å²) in [4.78, 5) is 41.7. The van der Waals surface area contributed by atoms with Crippen LogP contribution in [0.4, 0.5) is 5.69 Å². The van der Waals surface area contributed by atoms with Crippen molar-refractivity contribution in [2.75, 3.05) is 45.8 Å². The first kappa shape index (κ1) is 20.3. The minimum Gasteiger partial charge on any atom is -0.342 e. The van der Waals surface area contributed by atoms with Crippen molar-refractivity contribution in [3.05, 3.63) is 39.4 Å². The molecule has 8 nitrogen and oxygen atoms in total. The van der Waals surface area contributed by atoms with E-state index in [4.69, 9.17) is 0 Å². The van der Waals surface area contributed by atoms with E-state index in [2.05, 4.69) is 4.90 Å². The SMILES string of the molecule is Cc1ccc([N+](=O)[O-])cc1C(=O)N1CCN(CC(=O)N2CCCCCC2)CC1. The second kappa shape index (κ2) is 9.14. The van der Waals surface area contributed by atoms with Gasteiger partial charge < -0.3 is 9.80 Å². The fourth-order valence-electron chi connectivity index (χ4n) is 3.84. The van der Waals surface area contributed by atoms with Crippen LogP contribution in [0.2, 0.25) is 0 Å². The Hall–Kier alpha value is -2.48. The van der Waals surface area contributed by atoms with Crippen LogP contribution in [0.1, 0.15) is 41.6 Å². The van der Waals surface area contributed by atoms with Crippen molar-refractivity contribution in [3.8, 4) is 0 Å². The first-order chi connectivity index (χ1) is 13.5. The van der Waals surface area contributed by atoms with Gasteiger partial charge >= 0.3 is 0 Å². The molecule has 2 aliphatic heterocycles. The van der Waals surface area contributed by atoms with E-state index in [0.29, 0.717) is 38.3 Å². The summed E-state index contributed by atoms with van der Waals surface area (Å²) in [5.74, 6) is -0.00380. The zero-order valence-corrected chi connectivity index (χ0v) is 16.4. The molecule has 0 radical (unpaired) electrons. The third-order valence-corrected chi connectivity index (χ3v) is 5.64. The molecule has 0 N–H and O–H groups in total.